The van der Waals surface area contributed by atoms with Crippen LogP contribution in [0.2, 0.25) is 0 Å². The van der Waals surface area contributed by atoms with Crippen molar-refractivity contribution in [1.29, 1.82) is 0 Å². The second kappa shape index (κ2) is 5.91. The molecule has 112 valence electrons. The Morgan fingerprint density at radius 2 is 1.76 bits per heavy atom. The minimum absolute atomic E-state index is 0.0362. The van der Waals surface area contributed by atoms with Gasteiger partial charge >= 0.3 is 0 Å². The number of hydrogen-bond donors (Lipinski definition) is 1. The molecule has 0 saturated carbocycles. The molecule has 0 fully saturated rings. The molecular weight excluding hydrogens is 373 g/mol. The van der Waals surface area contributed by atoms with Gasteiger partial charge in [-0.25, -0.2) is 9.97 Å². The molecule has 21 heavy (non-hydrogen) atoms. The molecule has 0 aliphatic rings. The quantitative estimate of drug-likeness (QED) is 0.777. The molecule has 3 nitrogen and oxygen atoms in total. The summed E-state index contributed by atoms with van der Waals surface area (Å²) in [5, 5.41) is 0. The predicted molar refractivity (Wildman–Crippen MR) is 96.6 cm³/mol. The van der Waals surface area contributed by atoms with Gasteiger partial charge in [0, 0.05) is 11.8 Å². The molecule has 2 N–H and O–H groups in total. The lowest BCUT2D eigenvalue weighted by Gasteiger charge is -2.21. The molecule has 1 aromatic carbocycles. The van der Waals surface area contributed by atoms with Crippen LogP contribution in [-0.4, -0.2) is 9.97 Å². The first-order valence-corrected chi connectivity index (χ1v) is 8.15. The van der Waals surface area contributed by atoms with Crippen LogP contribution in [0.4, 0.5) is 5.82 Å². The monoisotopic (exact) mass is 395 g/mol. The number of anilines is 1. The van der Waals surface area contributed by atoms with Gasteiger partial charge in [0.15, 0.2) is 0 Å². The molecule has 0 aliphatic carbocycles. The summed E-state index contributed by atoms with van der Waals surface area (Å²) >= 11 is 2.24. The third-order valence-corrected chi connectivity index (χ3v) is 4.63. The zero-order chi connectivity index (χ0) is 15.8. The van der Waals surface area contributed by atoms with Crippen molar-refractivity contribution in [3.05, 3.63) is 50.0 Å². The smallest absolute Gasteiger partial charge is 0.140 e. The third kappa shape index (κ3) is 3.73. The number of aryl methyl sites for hydroxylation is 2. The maximum Gasteiger partial charge on any atom is 0.140 e. The van der Waals surface area contributed by atoms with Crippen molar-refractivity contribution >= 4 is 28.4 Å². The van der Waals surface area contributed by atoms with Gasteiger partial charge in [0.25, 0.3) is 0 Å². The molecule has 4 heteroatoms. The number of nitrogens with zero attached hydrogens (tertiary/aromatic N) is 2. The van der Waals surface area contributed by atoms with Crippen LogP contribution in [0.1, 0.15) is 49.0 Å². The first-order valence-electron chi connectivity index (χ1n) is 7.07. The molecule has 2 aromatic rings. The van der Waals surface area contributed by atoms with E-state index in [0.29, 0.717) is 12.2 Å². The fourth-order valence-corrected chi connectivity index (χ4v) is 3.23. The number of hydrogen-bond acceptors (Lipinski definition) is 3. The summed E-state index contributed by atoms with van der Waals surface area (Å²) in [6, 6.07) is 6.48. The summed E-state index contributed by atoms with van der Waals surface area (Å²) in [4.78, 5) is 9.21. The lowest BCUT2D eigenvalue weighted by Crippen LogP contribution is -2.19. The highest BCUT2D eigenvalue weighted by Gasteiger charge is 2.22. The molecule has 1 heterocycles. The molecular formula is C17H22IN3. The number of nitrogen functional groups attached to an aromatic ring is 1. The predicted octanol–water partition coefficient (Wildman–Crippen LogP) is 4.17. The van der Waals surface area contributed by atoms with Gasteiger partial charge in [-0.15, -0.1) is 0 Å². The van der Waals surface area contributed by atoms with Crippen molar-refractivity contribution in [3.8, 4) is 0 Å². The van der Waals surface area contributed by atoms with E-state index in [4.69, 9.17) is 10.7 Å². The van der Waals surface area contributed by atoms with E-state index in [1.54, 1.807) is 0 Å². The number of rotatable bonds is 2. The molecule has 0 radical (unpaired) electrons. The normalized spacial score (nSPS) is 11.7. The van der Waals surface area contributed by atoms with E-state index in [1.165, 1.54) is 16.7 Å². The topological polar surface area (TPSA) is 51.8 Å². The Labute approximate surface area is 140 Å². The van der Waals surface area contributed by atoms with E-state index in [-0.39, 0.29) is 5.41 Å². The van der Waals surface area contributed by atoms with Crippen LogP contribution < -0.4 is 5.73 Å². The van der Waals surface area contributed by atoms with Gasteiger partial charge in [-0.05, 0) is 53.1 Å². The molecule has 0 aliphatic heterocycles. The summed E-state index contributed by atoms with van der Waals surface area (Å²) in [5.41, 5.74) is 10.9. The zero-order valence-corrected chi connectivity index (χ0v) is 15.4. The van der Waals surface area contributed by atoms with Gasteiger partial charge in [0.2, 0.25) is 0 Å². The van der Waals surface area contributed by atoms with E-state index < -0.39 is 0 Å². The van der Waals surface area contributed by atoms with Crippen LogP contribution in [0.15, 0.2) is 18.2 Å². The lowest BCUT2D eigenvalue weighted by atomic mass is 9.91. The Hall–Kier alpha value is -1.17. The molecule has 1 aromatic heterocycles. The Morgan fingerprint density at radius 1 is 1.10 bits per heavy atom. The van der Waals surface area contributed by atoms with Crippen LogP contribution in [0.3, 0.4) is 0 Å². The fourth-order valence-electron chi connectivity index (χ4n) is 2.18. The number of halogens is 1. The van der Waals surface area contributed by atoms with Crippen molar-refractivity contribution in [3.63, 3.8) is 0 Å². The molecule has 0 amide bonds. The summed E-state index contributed by atoms with van der Waals surface area (Å²) in [5.74, 6) is 1.37. The van der Waals surface area contributed by atoms with Gasteiger partial charge in [0.05, 0.1) is 9.26 Å². The second-order valence-electron chi connectivity index (χ2n) is 6.53. The molecule has 0 spiro atoms. The minimum atomic E-state index is -0.0362. The van der Waals surface area contributed by atoms with Crippen LogP contribution in [0, 0.1) is 17.4 Å². The Bertz CT molecular complexity index is 672. The highest BCUT2D eigenvalue weighted by atomic mass is 127. The molecule has 0 bridgehead atoms. The van der Waals surface area contributed by atoms with Gasteiger partial charge in [-0.1, -0.05) is 39.0 Å². The zero-order valence-electron chi connectivity index (χ0n) is 13.3. The highest BCUT2D eigenvalue weighted by molar-refractivity contribution is 14.1. The summed E-state index contributed by atoms with van der Waals surface area (Å²) in [6.45, 7) is 10.7. The SMILES string of the molecule is Cc1ccc(Cc2nc(N)c(I)c(C(C)(C)C)n2)cc1C. The number of nitrogens with two attached hydrogens (primary N) is 1. The molecule has 0 atom stereocenters. The Kier molecular flexibility index (Phi) is 4.56. The number of aromatic nitrogens is 2. The fraction of sp³-hybridized carbons (Fsp3) is 0.412. The first kappa shape index (κ1) is 16.2. The van der Waals surface area contributed by atoms with Crippen molar-refractivity contribution in [2.45, 2.75) is 46.5 Å². The van der Waals surface area contributed by atoms with E-state index in [2.05, 4.69) is 80.4 Å². The van der Waals surface area contributed by atoms with Crippen molar-refractivity contribution < 1.29 is 0 Å². The lowest BCUT2D eigenvalue weighted by molar-refractivity contribution is 0.559. The van der Waals surface area contributed by atoms with Gasteiger partial charge in [-0.3, -0.25) is 0 Å². The van der Waals surface area contributed by atoms with E-state index >= 15 is 0 Å². The minimum Gasteiger partial charge on any atom is -0.383 e. The van der Waals surface area contributed by atoms with E-state index in [9.17, 15) is 0 Å². The number of benzene rings is 1. The summed E-state index contributed by atoms with van der Waals surface area (Å²) < 4.78 is 0.962. The van der Waals surface area contributed by atoms with Crippen LogP contribution >= 0.6 is 22.6 Å². The Morgan fingerprint density at radius 3 is 2.33 bits per heavy atom. The van der Waals surface area contributed by atoms with Gasteiger partial charge < -0.3 is 5.73 Å². The standard InChI is InChI=1S/C17H22IN3/c1-10-6-7-12(8-11(10)2)9-13-20-15(17(3,4)5)14(18)16(19)21-13/h6-8H,9H2,1-5H3,(H2,19,20,21). The summed E-state index contributed by atoms with van der Waals surface area (Å²) in [6.07, 6.45) is 0.714. The highest BCUT2D eigenvalue weighted by Crippen LogP contribution is 2.28. The van der Waals surface area contributed by atoms with Gasteiger partial charge in [0.1, 0.15) is 11.6 Å². The van der Waals surface area contributed by atoms with Crippen molar-refractivity contribution in [2.75, 3.05) is 5.73 Å². The average molecular weight is 395 g/mol. The largest absolute Gasteiger partial charge is 0.383 e. The average Bonchev–Trinajstić information content (AvgIpc) is 2.36. The summed E-state index contributed by atoms with van der Waals surface area (Å²) in [7, 11) is 0. The first-order chi connectivity index (χ1) is 9.68. The molecule has 2 rings (SSSR count). The van der Waals surface area contributed by atoms with E-state index in [1.807, 2.05) is 0 Å². The maximum absolute atomic E-state index is 6.07. The van der Waals surface area contributed by atoms with Crippen molar-refractivity contribution in [1.82, 2.24) is 9.97 Å². The van der Waals surface area contributed by atoms with Gasteiger partial charge in [-0.2, -0.15) is 0 Å². The third-order valence-electron chi connectivity index (χ3n) is 3.57. The van der Waals surface area contributed by atoms with Crippen LogP contribution in [-0.2, 0) is 11.8 Å². The maximum atomic E-state index is 6.07. The molecule has 0 unspecified atom stereocenters. The van der Waals surface area contributed by atoms with E-state index in [0.717, 1.165) is 15.1 Å². The van der Waals surface area contributed by atoms with Crippen molar-refractivity contribution in [2.24, 2.45) is 0 Å². The second-order valence-corrected chi connectivity index (χ2v) is 7.61. The molecule has 0 saturated heterocycles. The van der Waals surface area contributed by atoms with Crippen LogP contribution in [0.25, 0.3) is 0 Å². The Balaban J connectivity index is 2.41. The van der Waals surface area contributed by atoms with Crippen LogP contribution in [0.5, 0.6) is 0 Å².